The number of carbonyl (C=O) groups is 1. The molecule has 0 saturated carbocycles. The van der Waals surface area contributed by atoms with Crippen LogP contribution in [0.1, 0.15) is 23.7 Å². The second kappa shape index (κ2) is 5.89. The third-order valence-corrected chi connectivity index (χ3v) is 2.69. The van der Waals surface area contributed by atoms with Crippen molar-refractivity contribution in [3.8, 4) is 0 Å². The second-order valence-corrected chi connectivity index (χ2v) is 4.11. The van der Waals surface area contributed by atoms with E-state index in [0.29, 0.717) is 5.56 Å². The normalized spacial score (nSPS) is 13.2. The number of halogens is 3. The highest BCUT2D eigenvalue weighted by Gasteiger charge is 2.29. The Hall–Kier alpha value is -1.52. The summed E-state index contributed by atoms with van der Waals surface area (Å²) in [7, 11) is 1.50. The highest BCUT2D eigenvalue weighted by atomic mass is 19.4. The van der Waals surface area contributed by atoms with Gasteiger partial charge in [0, 0.05) is 18.7 Å². The van der Waals surface area contributed by atoms with Crippen molar-refractivity contribution in [2.24, 2.45) is 0 Å². The van der Waals surface area contributed by atoms with E-state index in [4.69, 9.17) is 0 Å². The van der Waals surface area contributed by atoms with Crippen molar-refractivity contribution < 1.29 is 18.0 Å². The zero-order valence-corrected chi connectivity index (χ0v) is 10.2. The average Bonchev–Trinajstić information content (AvgIpc) is 2.34. The number of amides is 1. The lowest BCUT2D eigenvalue weighted by atomic mass is 10.1. The van der Waals surface area contributed by atoms with Crippen molar-refractivity contribution in [1.82, 2.24) is 4.90 Å². The van der Waals surface area contributed by atoms with E-state index >= 15 is 0 Å². The van der Waals surface area contributed by atoms with Crippen LogP contribution in [0.25, 0.3) is 0 Å². The molecule has 1 unspecified atom stereocenters. The SMILES string of the molecule is CC(C[CH]C(F)(F)F)N(C)C(=O)c1ccccc1. The predicted molar refractivity (Wildman–Crippen MR) is 63.0 cm³/mol. The van der Waals surface area contributed by atoms with Crippen LogP contribution in [0.4, 0.5) is 13.2 Å². The van der Waals surface area contributed by atoms with Gasteiger partial charge in [-0.1, -0.05) is 18.2 Å². The Morgan fingerprint density at radius 1 is 1.33 bits per heavy atom. The van der Waals surface area contributed by atoms with Crippen molar-refractivity contribution >= 4 is 5.91 Å². The number of benzene rings is 1. The lowest BCUT2D eigenvalue weighted by Crippen LogP contribution is -2.36. The molecule has 0 aliphatic rings. The van der Waals surface area contributed by atoms with Gasteiger partial charge in [-0.15, -0.1) is 0 Å². The van der Waals surface area contributed by atoms with Gasteiger partial charge < -0.3 is 4.90 Å². The Morgan fingerprint density at radius 2 is 1.89 bits per heavy atom. The number of carbonyl (C=O) groups excluding carboxylic acids is 1. The van der Waals surface area contributed by atoms with Gasteiger partial charge in [-0.25, -0.2) is 0 Å². The largest absolute Gasteiger partial charge is 0.392 e. The molecule has 0 aromatic heterocycles. The van der Waals surface area contributed by atoms with Crippen LogP contribution >= 0.6 is 0 Å². The molecule has 1 rings (SSSR count). The summed E-state index contributed by atoms with van der Waals surface area (Å²) in [4.78, 5) is 13.3. The van der Waals surface area contributed by atoms with Crippen LogP contribution in [0.15, 0.2) is 30.3 Å². The lowest BCUT2D eigenvalue weighted by molar-refractivity contribution is -0.0996. The summed E-state index contributed by atoms with van der Waals surface area (Å²) in [5.41, 5.74) is 0.471. The number of hydrogen-bond acceptors (Lipinski definition) is 1. The van der Waals surface area contributed by atoms with Gasteiger partial charge in [-0.3, -0.25) is 4.79 Å². The molecule has 0 N–H and O–H groups in total. The van der Waals surface area contributed by atoms with Crippen molar-refractivity contribution in [2.45, 2.75) is 25.6 Å². The Bertz CT molecular complexity index is 389. The van der Waals surface area contributed by atoms with E-state index in [2.05, 4.69) is 0 Å². The smallest absolute Gasteiger partial charge is 0.339 e. The molecule has 0 aliphatic carbocycles. The highest BCUT2D eigenvalue weighted by Crippen LogP contribution is 2.22. The summed E-state index contributed by atoms with van der Waals surface area (Å²) in [6.45, 7) is 1.59. The summed E-state index contributed by atoms with van der Waals surface area (Å²) in [5, 5.41) is 0. The van der Waals surface area contributed by atoms with Gasteiger partial charge in [0.15, 0.2) is 0 Å². The third-order valence-electron chi connectivity index (χ3n) is 2.69. The van der Waals surface area contributed by atoms with Crippen molar-refractivity contribution in [3.05, 3.63) is 42.3 Å². The number of nitrogens with zero attached hydrogens (tertiary/aromatic N) is 1. The van der Waals surface area contributed by atoms with Gasteiger partial charge in [-0.05, 0) is 25.5 Å². The fourth-order valence-electron chi connectivity index (χ4n) is 1.45. The third kappa shape index (κ3) is 4.39. The molecule has 1 radical (unpaired) electrons. The van der Waals surface area contributed by atoms with E-state index in [9.17, 15) is 18.0 Å². The standard InChI is InChI=1S/C13H15F3NO/c1-10(8-9-13(14,15)16)17(2)12(18)11-6-4-3-5-7-11/h3-7,9-10H,8H2,1-2H3. The summed E-state index contributed by atoms with van der Waals surface area (Å²) in [6.07, 6.45) is -4.24. The minimum Gasteiger partial charge on any atom is -0.339 e. The van der Waals surface area contributed by atoms with E-state index in [0.717, 1.165) is 0 Å². The topological polar surface area (TPSA) is 20.3 Å². The van der Waals surface area contributed by atoms with E-state index < -0.39 is 12.2 Å². The van der Waals surface area contributed by atoms with Gasteiger partial charge >= 0.3 is 6.18 Å². The lowest BCUT2D eigenvalue weighted by Gasteiger charge is -2.25. The Morgan fingerprint density at radius 3 is 2.39 bits per heavy atom. The van der Waals surface area contributed by atoms with Crippen molar-refractivity contribution in [2.75, 3.05) is 7.05 Å². The first kappa shape index (κ1) is 14.5. The van der Waals surface area contributed by atoms with Crippen LogP contribution in [0.2, 0.25) is 0 Å². The molecule has 1 aromatic rings. The van der Waals surface area contributed by atoms with Crippen LogP contribution < -0.4 is 0 Å². The fraction of sp³-hybridized carbons (Fsp3) is 0.385. The monoisotopic (exact) mass is 258 g/mol. The van der Waals surface area contributed by atoms with E-state index in [1.165, 1.54) is 11.9 Å². The molecular formula is C13H15F3NO. The second-order valence-electron chi connectivity index (χ2n) is 4.11. The minimum atomic E-state index is -4.30. The molecule has 0 heterocycles. The Balaban J connectivity index is 2.59. The van der Waals surface area contributed by atoms with Crippen LogP contribution in [-0.2, 0) is 0 Å². The molecule has 1 amide bonds. The van der Waals surface area contributed by atoms with Crippen LogP contribution in [0.5, 0.6) is 0 Å². The highest BCUT2D eigenvalue weighted by molar-refractivity contribution is 5.94. The zero-order chi connectivity index (χ0) is 13.8. The molecule has 1 atom stereocenters. The molecule has 2 nitrogen and oxygen atoms in total. The van der Waals surface area contributed by atoms with Gasteiger partial charge in [-0.2, -0.15) is 13.2 Å². The van der Waals surface area contributed by atoms with Crippen LogP contribution in [0, 0.1) is 6.42 Å². The van der Waals surface area contributed by atoms with Crippen LogP contribution in [-0.4, -0.2) is 30.1 Å². The first-order chi connectivity index (χ1) is 8.31. The summed E-state index contributed by atoms with van der Waals surface area (Å²) in [6, 6.07) is 7.98. The maximum Gasteiger partial charge on any atom is 0.392 e. The van der Waals surface area contributed by atoms with Crippen LogP contribution in [0.3, 0.4) is 0 Å². The summed E-state index contributed by atoms with van der Waals surface area (Å²) in [5.74, 6) is -0.279. The predicted octanol–water partition coefficient (Wildman–Crippen LogP) is 3.30. The van der Waals surface area contributed by atoms with Gasteiger partial charge in [0.25, 0.3) is 5.91 Å². The van der Waals surface area contributed by atoms with Crippen molar-refractivity contribution in [3.63, 3.8) is 0 Å². The van der Waals surface area contributed by atoms with E-state index in [1.807, 2.05) is 0 Å². The Kier molecular flexibility index (Phi) is 4.76. The van der Waals surface area contributed by atoms with Crippen molar-refractivity contribution in [1.29, 1.82) is 0 Å². The molecule has 0 saturated heterocycles. The molecular weight excluding hydrogens is 243 g/mol. The fourth-order valence-corrected chi connectivity index (χ4v) is 1.45. The summed E-state index contributed by atoms with van der Waals surface area (Å²) >= 11 is 0. The first-order valence-corrected chi connectivity index (χ1v) is 5.54. The molecule has 5 heteroatoms. The first-order valence-electron chi connectivity index (χ1n) is 5.54. The van der Waals surface area contributed by atoms with Gasteiger partial charge in [0.05, 0.1) is 6.42 Å². The van der Waals surface area contributed by atoms with Gasteiger partial charge in [0.2, 0.25) is 0 Å². The number of hydrogen-bond donors (Lipinski definition) is 0. The zero-order valence-electron chi connectivity index (χ0n) is 10.2. The van der Waals surface area contributed by atoms with E-state index in [1.54, 1.807) is 37.3 Å². The maximum absolute atomic E-state index is 12.0. The maximum atomic E-state index is 12.0. The molecule has 18 heavy (non-hydrogen) atoms. The van der Waals surface area contributed by atoms with E-state index in [-0.39, 0.29) is 18.7 Å². The number of rotatable bonds is 4. The van der Waals surface area contributed by atoms with Gasteiger partial charge in [0.1, 0.15) is 0 Å². The summed E-state index contributed by atoms with van der Waals surface area (Å²) < 4.78 is 36.1. The molecule has 0 fully saturated rings. The molecule has 1 aromatic carbocycles. The Labute approximate surface area is 104 Å². The average molecular weight is 258 g/mol. The molecule has 0 spiro atoms. The molecule has 99 valence electrons. The molecule has 0 aliphatic heterocycles. The quantitative estimate of drug-likeness (QED) is 0.811. The minimum absolute atomic E-state index is 0.210. The molecule has 0 bridgehead atoms. The number of alkyl halides is 3.